The average Bonchev–Trinajstić information content (AvgIpc) is 1.94. The highest BCUT2D eigenvalue weighted by molar-refractivity contribution is 14.1. The zero-order valence-electron chi connectivity index (χ0n) is 5.60. The van der Waals surface area contributed by atoms with Crippen LogP contribution in [-0.2, 0) is 0 Å². The van der Waals surface area contributed by atoms with Gasteiger partial charge in [0.15, 0.2) is 5.75 Å². The first-order valence-electron chi connectivity index (χ1n) is 2.86. The zero-order chi connectivity index (χ0) is 9.14. The molecule has 0 saturated heterocycles. The highest BCUT2D eigenvalue weighted by Gasteiger charge is 2.08. The summed E-state index contributed by atoms with van der Waals surface area (Å²) in [6.07, 6.45) is 0. The molecule has 0 aliphatic heterocycles. The van der Waals surface area contributed by atoms with E-state index in [4.69, 9.17) is 0 Å². The topological polar surface area (TPSA) is 22.1 Å². The predicted molar refractivity (Wildman–Crippen MR) is 51.3 cm³/mol. The van der Waals surface area contributed by atoms with Gasteiger partial charge in [0.25, 0.3) is 0 Å². The maximum atomic E-state index is 11.7. The number of alkyl halides is 2. The lowest BCUT2D eigenvalue weighted by Crippen LogP contribution is -2.04. The molecule has 66 valence electrons. The van der Waals surface area contributed by atoms with Gasteiger partial charge in [0.2, 0.25) is 0 Å². The summed E-state index contributed by atoms with van der Waals surface area (Å²) in [4.78, 5) is 3.87. The molecule has 0 amide bonds. The van der Waals surface area contributed by atoms with Crippen molar-refractivity contribution in [3.63, 3.8) is 0 Å². The van der Waals surface area contributed by atoms with Crippen LogP contribution in [-0.4, -0.2) is 11.6 Å². The van der Waals surface area contributed by atoms with Gasteiger partial charge in [0, 0.05) is 0 Å². The summed E-state index contributed by atoms with van der Waals surface area (Å²) in [5.41, 5.74) is 0. The Morgan fingerprint density at radius 3 is 2.67 bits per heavy atom. The Labute approximate surface area is 89.6 Å². The van der Waals surface area contributed by atoms with Crippen molar-refractivity contribution in [2.24, 2.45) is 0 Å². The normalized spacial score (nSPS) is 10.4. The molecule has 1 heterocycles. The second-order valence-electron chi connectivity index (χ2n) is 1.80. The second kappa shape index (κ2) is 4.31. The first-order valence-corrected chi connectivity index (χ1v) is 4.73. The molecule has 0 spiro atoms. The number of halogens is 4. The molecule has 1 rings (SSSR count). The van der Waals surface area contributed by atoms with Crippen molar-refractivity contribution in [3.05, 3.63) is 20.4 Å². The summed E-state index contributed by atoms with van der Waals surface area (Å²) < 4.78 is 28.6. The third-order valence-electron chi connectivity index (χ3n) is 0.997. The van der Waals surface area contributed by atoms with Gasteiger partial charge in [-0.25, -0.2) is 4.98 Å². The summed E-state index contributed by atoms with van der Waals surface area (Å²) >= 11 is 4.92. The minimum absolute atomic E-state index is 0.0915. The van der Waals surface area contributed by atoms with Gasteiger partial charge in [-0.05, 0) is 50.7 Å². The van der Waals surface area contributed by atoms with Crippen molar-refractivity contribution < 1.29 is 13.5 Å². The molecule has 1 aromatic heterocycles. The third-order valence-corrected chi connectivity index (χ3v) is 2.21. The molecule has 0 N–H and O–H groups in total. The summed E-state index contributed by atoms with van der Waals surface area (Å²) in [6.45, 7) is -2.80. The van der Waals surface area contributed by atoms with Crippen LogP contribution in [0.4, 0.5) is 8.78 Å². The fraction of sp³-hybridized carbons (Fsp3) is 0.167. The van der Waals surface area contributed by atoms with Crippen LogP contribution < -0.4 is 4.74 Å². The van der Waals surface area contributed by atoms with Crippen molar-refractivity contribution in [2.75, 3.05) is 0 Å². The lowest BCUT2D eigenvalue weighted by Gasteiger charge is -2.05. The van der Waals surface area contributed by atoms with E-state index in [2.05, 4.69) is 25.7 Å². The maximum absolute atomic E-state index is 11.7. The van der Waals surface area contributed by atoms with E-state index in [-0.39, 0.29) is 5.75 Å². The number of hydrogen-bond donors (Lipinski definition) is 0. The number of pyridine rings is 1. The van der Waals surface area contributed by atoms with E-state index in [0.717, 1.165) is 0 Å². The van der Waals surface area contributed by atoms with Gasteiger partial charge in [0.1, 0.15) is 8.30 Å². The number of ether oxygens (including phenoxy) is 1. The molecular weight excluding hydrogens is 347 g/mol. The molecule has 0 aliphatic carbocycles. The van der Waals surface area contributed by atoms with Crippen LogP contribution in [0.2, 0.25) is 0 Å². The second-order valence-corrected chi connectivity index (χ2v) is 3.64. The molecule has 0 aromatic carbocycles. The summed E-state index contributed by atoms with van der Waals surface area (Å²) in [5.74, 6) is 0.0915. The van der Waals surface area contributed by atoms with Gasteiger partial charge < -0.3 is 4.74 Å². The molecule has 2 nitrogen and oxygen atoms in total. The standard InChI is InChI=1S/C6H3BrF2INO/c7-4-2-1-3(5(10)11-4)12-6(8)9/h1-2,6H. The van der Waals surface area contributed by atoms with Gasteiger partial charge in [-0.1, -0.05) is 0 Å². The van der Waals surface area contributed by atoms with E-state index in [1.165, 1.54) is 6.07 Å². The first-order chi connectivity index (χ1) is 5.59. The molecule has 0 radical (unpaired) electrons. The Balaban J connectivity index is 2.86. The predicted octanol–water partition coefficient (Wildman–Crippen LogP) is 3.05. The molecular formula is C6H3BrF2INO. The van der Waals surface area contributed by atoms with E-state index < -0.39 is 6.61 Å². The Hall–Kier alpha value is 0.0200. The molecule has 12 heavy (non-hydrogen) atoms. The van der Waals surface area contributed by atoms with Crippen LogP contribution in [0.1, 0.15) is 0 Å². The lowest BCUT2D eigenvalue weighted by atomic mass is 10.5. The van der Waals surface area contributed by atoms with Crippen LogP contribution in [0.3, 0.4) is 0 Å². The van der Waals surface area contributed by atoms with E-state index >= 15 is 0 Å². The maximum Gasteiger partial charge on any atom is 0.387 e. The zero-order valence-corrected chi connectivity index (χ0v) is 9.34. The van der Waals surface area contributed by atoms with E-state index in [1.54, 1.807) is 6.07 Å². The molecule has 0 unspecified atom stereocenters. The number of nitrogens with zero attached hydrogens (tertiary/aromatic N) is 1. The van der Waals surface area contributed by atoms with Crippen molar-refractivity contribution in [1.82, 2.24) is 4.98 Å². The summed E-state index contributed by atoms with van der Waals surface area (Å²) in [6, 6.07) is 2.98. The van der Waals surface area contributed by atoms with Crippen LogP contribution >= 0.6 is 38.5 Å². The van der Waals surface area contributed by atoms with Crippen molar-refractivity contribution in [2.45, 2.75) is 6.61 Å². The molecule has 1 aromatic rings. The molecule has 0 bridgehead atoms. The average molecular weight is 350 g/mol. The number of rotatable bonds is 2. The number of aromatic nitrogens is 1. The minimum Gasteiger partial charge on any atom is -0.432 e. The SMILES string of the molecule is FC(F)Oc1ccc(Br)nc1I. The van der Waals surface area contributed by atoms with Gasteiger partial charge in [-0.15, -0.1) is 0 Å². The fourth-order valence-corrected chi connectivity index (χ4v) is 1.79. The molecule has 6 heteroatoms. The number of hydrogen-bond acceptors (Lipinski definition) is 2. The minimum atomic E-state index is -2.80. The van der Waals surface area contributed by atoms with Crippen LogP contribution in [0.5, 0.6) is 5.75 Å². The van der Waals surface area contributed by atoms with Crippen LogP contribution in [0.25, 0.3) is 0 Å². The third kappa shape index (κ3) is 2.81. The Morgan fingerprint density at radius 2 is 2.17 bits per heavy atom. The Kier molecular flexibility index (Phi) is 3.63. The van der Waals surface area contributed by atoms with E-state index in [0.29, 0.717) is 8.30 Å². The Bertz CT molecular complexity index is 284. The quantitative estimate of drug-likeness (QED) is 0.604. The van der Waals surface area contributed by atoms with Crippen LogP contribution in [0.15, 0.2) is 16.7 Å². The van der Waals surface area contributed by atoms with Crippen molar-refractivity contribution in [1.29, 1.82) is 0 Å². The van der Waals surface area contributed by atoms with Gasteiger partial charge in [-0.3, -0.25) is 0 Å². The Morgan fingerprint density at radius 1 is 1.50 bits per heavy atom. The van der Waals surface area contributed by atoms with Gasteiger partial charge in [0.05, 0.1) is 0 Å². The molecule has 0 aliphatic rings. The van der Waals surface area contributed by atoms with Crippen molar-refractivity contribution >= 4 is 38.5 Å². The van der Waals surface area contributed by atoms with Gasteiger partial charge >= 0.3 is 6.61 Å². The van der Waals surface area contributed by atoms with Crippen molar-refractivity contribution in [3.8, 4) is 5.75 Å². The highest BCUT2D eigenvalue weighted by atomic mass is 127. The summed E-state index contributed by atoms with van der Waals surface area (Å²) in [5, 5.41) is 0. The molecule has 0 atom stereocenters. The van der Waals surface area contributed by atoms with E-state index in [1.807, 2.05) is 22.6 Å². The highest BCUT2D eigenvalue weighted by Crippen LogP contribution is 2.22. The lowest BCUT2D eigenvalue weighted by molar-refractivity contribution is -0.0507. The summed E-state index contributed by atoms with van der Waals surface area (Å²) in [7, 11) is 0. The smallest absolute Gasteiger partial charge is 0.387 e. The van der Waals surface area contributed by atoms with Gasteiger partial charge in [-0.2, -0.15) is 8.78 Å². The molecule has 0 saturated carbocycles. The van der Waals surface area contributed by atoms with E-state index in [9.17, 15) is 8.78 Å². The van der Waals surface area contributed by atoms with Crippen LogP contribution in [0, 0.1) is 3.70 Å². The monoisotopic (exact) mass is 349 g/mol. The largest absolute Gasteiger partial charge is 0.432 e. The molecule has 0 fully saturated rings. The first kappa shape index (κ1) is 10.1. The fourth-order valence-electron chi connectivity index (χ4n) is 0.583.